The second-order valence-electron chi connectivity index (χ2n) is 6.95. The van der Waals surface area contributed by atoms with E-state index in [4.69, 9.17) is 11.6 Å². The molecule has 4 rings (SSSR count). The van der Waals surface area contributed by atoms with Crippen molar-refractivity contribution in [2.75, 3.05) is 13.1 Å². The van der Waals surface area contributed by atoms with Crippen LogP contribution in [0.25, 0.3) is 10.2 Å². The maximum atomic E-state index is 13.6. The van der Waals surface area contributed by atoms with E-state index in [2.05, 4.69) is 4.99 Å². The Bertz CT molecular complexity index is 1280. The monoisotopic (exact) mass is 487 g/mol. The molecule has 0 N–H and O–H groups in total. The zero-order chi connectivity index (χ0) is 21.5. The fourth-order valence-corrected chi connectivity index (χ4v) is 7.83. The minimum Gasteiger partial charge on any atom is -0.317 e. The minimum absolute atomic E-state index is 0.0891. The average Bonchev–Trinajstić information content (AvgIpc) is 3.31. The van der Waals surface area contributed by atoms with Crippen LogP contribution in [0.3, 0.4) is 0 Å². The highest BCUT2D eigenvalue weighted by molar-refractivity contribution is 7.91. The van der Waals surface area contributed by atoms with E-state index >= 15 is 0 Å². The molecule has 1 aromatic carbocycles. The molecule has 6 nitrogen and oxygen atoms in total. The molecule has 1 unspecified atom stereocenters. The lowest BCUT2D eigenvalue weighted by Gasteiger charge is -2.29. The lowest BCUT2D eigenvalue weighted by molar-refractivity contribution is -0.122. The number of carbonyl (C=O) groups excluding carboxylic acids is 1. The summed E-state index contributed by atoms with van der Waals surface area (Å²) in [5.41, 5.74) is 0.817. The topological polar surface area (TPSA) is 71.7 Å². The summed E-state index contributed by atoms with van der Waals surface area (Å²) in [6.07, 6.45) is 1.15. The Morgan fingerprint density at radius 3 is 2.80 bits per heavy atom. The van der Waals surface area contributed by atoms with Crippen molar-refractivity contribution in [2.45, 2.75) is 30.5 Å². The quantitative estimate of drug-likeness (QED) is 0.556. The van der Waals surface area contributed by atoms with Crippen molar-refractivity contribution in [3.8, 4) is 0 Å². The normalized spacial score (nSPS) is 18.9. The Balaban J connectivity index is 1.62. The second kappa shape index (κ2) is 8.51. The molecule has 3 aromatic rings. The van der Waals surface area contributed by atoms with Crippen LogP contribution in [0.2, 0.25) is 4.34 Å². The van der Waals surface area contributed by atoms with E-state index in [-0.39, 0.29) is 22.5 Å². The smallest absolute Gasteiger partial charge is 0.252 e. The van der Waals surface area contributed by atoms with Gasteiger partial charge in [0.25, 0.3) is 15.9 Å². The van der Waals surface area contributed by atoms with Crippen LogP contribution in [0.1, 0.15) is 19.8 Å². The first-order chi connectivity index (χ1) is 14.3. The molecule has 160 valence electrons. The summed E-state index contributed by atoms with van der Waals surface area (Å²) >= 11 is 8.14. The van der Waals surface area contributed by atoms with E-state index in [9.17, 15) is 17.6 Å². The fourth-order valence-electron chi connectivity index (χ4n) is 3.55. The van der Waals surface area contributed by atoms with Crippen molar-refractivity contribution in [1.82, 2.24) is 8.87 Å². The van der Waals surface area contributed by atoms with Crippen LogP contribution in [0, 0.1) is 11.7 Å². The Kier molecular flexibility index (Phi) is 6.13. The predicted molar refractivity (Wildman–Crippen MR) is 117 cm³/mol. The Morgan fingerprint density at radius 2 is 2.10 bits per heavy atom. The molecule has 1 saturated heterocycles. The lowest BCUT2D eigenvalue weighted by atomic mass is 9.99. The van der Waals surface area contributed by atoms with Crippen LogP contribution in [0.5, 0.6) is 0 Å². The van der Waals surface area contributed by atoms with Crippen LogP contribution < -0.4 is 4.80 Å². The summed E-state index contributed by atoms with van der Waals surface area (Å²) in [5, 5.41) is 0. The number of fused-ring (bicyclic) bond motifs is 1. The molecule has 1 atom stereocenters. The van der Waals surface area contributed by atoms with Gasteiger partial charge in [-0.05, 0) is 50.1 Å². The number of aromatic nitrogens is 1. The van der Waals surface area contributed by atoms with Gasteiger partial charge in [0.15, 0.2) is 4.80 Å². The SMILES string of the molecule is CCn1c(=NC(=O)C2CCCN(S(=O)(=O)c3ccc(Cl)s3)C2)sc2cc(F)ccc21. The number of benzene rings is 1. The number of sulfonamides is 1. The van der Waals surface area contributed by atoms with E-state index in [0.717, 1.165) is 16.9 Å². The Labute approximate surface area is 186 Å². The molecular weight excluding hydrogens is 469 g/mol. The summed E-state index contributed by atoms with van der Waals surface area (Å²) in [4.78, 5) is 17.7. The van der Waals surface area contributed by atoms with Gasteiger partial charge in [0.05, 0.1) is 20.5 Å². The number of amides is 1. The van der Waals surface area contributed by atoms with E-state index in [1.54, 1.807) is 12.1 Å². The molecule has 1 aliphatic rings. The minimum atomic E-state index is -3.69. The number of piperidine rings is 1. The van der Waals surface area contributed by atoms with Gasteiger partial charge in [0, 0.05) is 19.6 Å². The van der Waals surface area contributed by atoms with Crippen molar-refractivity contribution in [2.24, 2.45) is 10.9 Å². The highest BCUT2D eigenvalue weighted by Gasteiger charge is 2.34. The van der Waals surface area contributed by atoms with Gasteiger partial charge in [0.2, 0.25) is 0 Å². The molecule has 30 heavy (non-hydrogen) atoms. The molecule has 2 aromatic heterocycles. The van der Waals surface area contributed by atoms with Gasteiger partial charge in [0.1, 0.15) is 10.0 Å². The van der Waals surface area contributed by atoms with E-state index < -0.39 is 15.9 Å². The van der Waals surface area contributed by atoms with Gasteiger partial charge in [-0.25, -0.2) is 12.8 Å². The zero-order valence-corrected chi connectivity index (χ0v) is 19.3. The van der Waals surface area contributed by atoms with Gasteiger partial charge >= 0.3 is 0 Å². The van der Waals surface area contributed by atoms with Crippen LogP contribution in [0.15, 0.2) is 39.5 Å². The first kappa shape index (κ1) is 21.6. The van der Waals surface area contributed by atoms with E-state index in [0.29, 0.717) is 39.8 Å². The van der Waals surface area contributed by atoms with Crippen molar-refractivity contribution in [3.63, 3.8) is 0 Å². The maximum Gasteiger partial charge on any atom is 0.252 e. The average molecular weight is 488 g/mol. The number of aryl methyl sites for hydroxylation is 1. The molecule has 1 amide bonds. The van der Waals surface area contributed by atoms with Gasteiger partial charge in [-0.3, -0.25) is 4.79 Å². The molecular formula is C19H19ClFN3O3S3. The highest BCUT2D eigenvalue weighted by atomic mass is 35.5. The molecule has 0 saturated carbocycles. The summed E-state index contributed by atoms with van der Waals surface area (Å²) in [5.74, 6) is -1.21. The van der Waals surface area contributed by atoms with E-state index in [1.807, 2.05) is 11.5 Å². The van der Waals surface area contributed by atoms with Crippen LogP contribution in [0.4, 0.5) is 4.39 Å². The molecule has 0 bridgehead atoms. The fraction of sp³-hybridized carbons (Fsp3) is 0.368. The third-order valence-electron chi connectivity index (χ3n) is 5.04. The number of thiophene rings is 1. The standard InChI is InChI=1S/C19H19ClFN3O3S3/c1-2-24-14-6-5-13(21)10-15(14)28-19(24)22-18(25)12-4-3-9-23(11-12)30(26,27)17-8-7-16(20)29-17/h5-8,10,12H,2-4,9,11H2,1H3. The molecule has 11 heteroatoms. The Hall–Kier alpha value is -1.59. The third kappa shape index (κ3) is 4.11. The molecule has 0 spiro atoms. The van der Waals surface area contributed by atoms with Crippen LogP contribution in [-0.4, -0.2) is 36.3 Å². The van der Waals surface area contributed by atoms with Crippen molar-refractivity contribution in [3.05, 3.63) is 45.3 Å². The highest BCUT2D eigenvalue weighted by Crippen LogP contribution is 2.31. The van der Waals surface area contributed by atoms with Gasteiger partial charge in [-0.15, -0.1) is 11.3 Å². The molecule has 1 fully saturated rings. The summed E-state index contributed by atoms with van der Waals surface area (Å²) in [6, 6.07) is 7.52. The number of hydrogen-bond donors (Lipinski definition) is 0. The van der Waals surface area contributed by atoms with Crippen molar-refractivity contribution < 1.29 is 17.6 Å². The molecule has 0 radical (unpaired) electrons. The number of hydrogen-bond acceptors (Lipinski definition) is 5. The number of rotatable bonds is 4. The molecule has 1 aliphatic heterocycles. The number of nitrogens with zero attached hydrogens (tertiary/aromatic N) is 3. The first-order valence-corrected chi connectivity index (χ1v) is 12.9. The molecule has 3 heterocycles. The zero-order valence-electron chi connectivity index (χ0n) is 16.0. The van der Waals surface area contributed by atoms with Gasteiger partial charge in [-0.2, -0.15) is 9.30 Å². The van der Waals surface area contributed by atoms with E-state index in [1.165, 1.54) is 33.8 Å². The third-order valence-corrected chi connectivity index (χ3v) is 9.65. The largest absolute Gasteiger partial charge is 0.317 e. The number of thiazole rings is 1. The van der Waals surface area contributed by atoms with Crippen molar-refractivity contribution >= 4 is 60.4 Å². The number of carbonyl (C=O) groups is 1. The summed E-state index contributed by atoms with van der Waals surface area (Å²) in [6.45, 7) is 2.97. The van der Waals surface area contributed by atoms with Gasteiger partial charge < -0.3 is 4.57 Å². The summed E-state index contributed by atoms with van der Waals surface area (Å²) in [7, 11) is -3.69. The summed E-state index contributed by atoms with van der Waals surface area (Å²) < 4.78 is 43.8. The Morgan fingerprint density at radius 1 is 1.30 bits per heavy atom. The first-order valence-electron chi connectivity index (χ1n) is 9.42. The van der Waals surface area contributed by atoms with Crippen LogP contribution >= 0.6 is 34.3 Å². The second-order valence-corrected chi connectivity index (χ2v) is 11.8. The maximum absolute atomic E-state index is 13.6. The van der Waals surface area contributed by atoms with Crippen LogP contribution in [-0.2, 0) is 21.4 Å². The lowest BCUT2D eigenvalue weighted by Crippen LogP contribution is -2.42. The number of halogens is 2. The van der Waals surface area contributed by atoms with Crippen molar-refractivity contribution in [1.29, 1.82) is 0 Å². The van der Waals surface area contributed by atoms with Gasteiger partial charge in [-0.1, -0.05) is 22.9 Å². The predicted octanol–water partition coefficient (Wildman–Crippen LogP) is 4.10. The molecule has 0 aliphatic carbocycles.